The third-order valence-electron chi connectivity index (χ3n) is 4.92. The molecule has 0 saturated heterocycles. The van der Waals surface area contributed by atoms with Gasteiger partial charge < -0.3 is 5.11 Å². The van der Waals surface area contributed by atoms with Crippen LogP contribution in [0.15, 0.2) is 24.3 Å². The van der Waals surface area contributed by atoms with Crippen LogP contribution in [0.4, 0.5) is 0 Å². The standard InChI is InChI=1S/C17H22O2/c18-16(19)17(10-11-17)15-8-6-14(7-9-15)12-13-4-2-1-3-5-13/h6-9,13H,1-5,10-12H2,(H,18,19). The summed E-state index contributed by atoms with van der Waals surface area (Å²) in [6.45, 7) is 0. The lowest BCUT2D eigenvalue weighted by molar-refractivity contribution is -0.140. The minimum absolute atomic E-state index is 0.552. The van der Waals surface area contributed by atoms with Crippen LogP contribution in [-0.4, -0.2) is 11.1 Å². The lowest BCUT2D eigenvalue weighted by Crippen LogP contribution is -2.19. The first-order valence-corrected chi connectivity index (χ1v) is 7.53. The second kappa shape index (κ2) is 4.99. The molecule has 0 heterocycles. The van der Waals surface area contributed by atoms with E-state index >= 15 is 0 Å². The summed E-state index contributed by atoms with van der Waals surface area (Å²) in [7, 11) is 0. The second-order valence-corrected chi connectivity index (χ2v) is 6.29. The monoisotopic (exact) mass is 258 g/mol. The Kier molecular flexibility index (Phi) is 3.34. The van der Waals surface area contributed by atoms with Crippen LogP contribution in [0.5, 0.6) is 0 Å². The highest BCUT2D eigenvalue weighted by molar-refractivity contribution is 5.84. The van der Waals surface area contributed by atoms with Crippen molar-refractivity contribution in [2.45, 2.75) is 56.8 Å². The first kappa shape index (κ1) is 12.7. The maximum absolute atomic E-state index is 11.3. The normalized spacial score (nSPS) is 22.1. The molecule has 0 aromatic heterocycles. The van der Waals surface area contributed by atoms with Crippen LogP contribution >= 0.6 is 0 Å². The molecule has 1 aromatic rings. The lowest BCUT2D eigenvalue weighted by atomic mass is 9.84. The molecule has 2 nitrogen and oxygen atoms in total. The summed E-state index contributed by atoms with van der Waals surface area (Å²) in [5.41, 5.74) is 1.81. The van der Waals surface area contributed by atoms with Crippen molar-refractivity contribution in [2.24, 2.45) is 5.92 Å². The minimum atomic E-state index is -0.660. The molecule has 2 aliphatic carbocycles. The highest BCUT2D eigenvalue weighted by atomic mass is 16.4. The van der Waals surface area contributed by atoms with Crippen molar-refractivity contribution in [1.29, 1.82) is 0 Å². The number of benzene rings is 1. The van der Waals surface area contributed by atoms with E-state index in [-0.39, 0.29) is 0 Å². The minimum Gasteiger partial charge on any atom is -0.481 e. The molecule has 2 saturated carbocycles. The van der Waals surface area contributed by atoms with Crippen LogP contribution in [0.1, 0.15) is 56.1 Å². The fourth-order valence-corrected chi connectivity index (χ4v) is 3.44. The van der Waals surface area contributed by atoms with E-state index in [2.05, 4.69) is 12.1 Å². The Balaban J connectivity index is 1.67. The van der Waals surface area contributed by atoms with E-state index in [0.717, 1.165) is 24.3 Å². The zero-order valence-corrected chi connectivity index (χ0v) is 11.4. The predicted molar refractivity (Wildman–Crippen MR) is 75.3 cm³/mol. The number of carbonyl (C=O) groups is 1. The van der Waals surface area contributed by atoms with Crippen molar-refractivity contribution < 1.29 is 9.90 Å². The molecule has 19 heavy (non-hydrogen) atoms. The van der Waals surface area contributed by atoms with Gasteiger partial charge in [-0.2, -0.15) is 0 Å². The highest BCUT2D eigenvalue weighted by Gasteiger charge is 2.51. The summed E-state index contributed by atoms with van der Waals surface area (Å²) in [5.74, 6) is 0.182. The average molecular weight is 258 g/mol. The number of hydrogen-bond donors (Lipinski definition) is 1. The van der Waals surface area contributed by atoms with Crippen molar-refractivity contribution in [3.63, 3.8) is 0 Å². The van der Waals surface area contributed by atoms with Crippen LogP contribution in [0.25, 0.3) is 0 Å². The molecule has 1 aromatic carbocycles. The van der Waals surface area contributed by atoms with Gasteiger partial charge in [0.25, 0.3) is 0 Å². The maximum atomic E-state index is 11.3. The topological polar surface area (TPSA) is 37.3 Å². The zero-order valence-electron chi connectivity index (χ0n) is 11.4. The molecule has 3 rings (SSSR count). The van der Waals surface area contributed by atoms with Gasteiger partial charge in [-0.15, -0.1) is 0 Å². The molecule has 0 amide bonds. The van der Waals surface area contributed by atoms with Crippen molar-refractivity contribution in [1.82, 2.24) is 0 Å². The number of aliphatic carboxylic acids is 1. The predicted octanol–water partition coefficient (Wildman–Crippen LogP) is 3.93. The van der Waals surface area contributed by atoms with Gasteiger partial charge in [-0.3, -0.25) is 4.79 Å². The molecule has 0 aliphatic heterocycles. The summed E-state index contributed by atoms with van der Waals surface area (Å²) < 4.78 is 0. The summed E-state index contributed by atoms with van der Waals surface area (Å²) >= 11 is 0. The second-order valence-electron chi connectivity index (χ2n) is 6.29. The fourth-order valence-electron chi connectivity index (χ4n) is 3.44. The number of carboxylic acid groups (broad SMARTS) is 1. The third kappa shape index (κ3) is 2.54. The smallest absolute Gasteiger partial charge is 0.314 e. The first-order valence-electron chi connectivity index (χ1n) is 7.53. The van der Waals surface area contributed by atoms with Gasteiger partial charge in [0.15, 0.2) is 0 Å². The Morgan fingerprint density at radius 1 is 1.11 bits per heavy atom. The third-order valence-corrected chi connectivity index (χ3v) is 4.92. The molecular formula is C17H22O2. The highest BCUT2D eigenvalue weighted by Crippen LogP contribution is 2.48. The first-order chi connectivity index (χ1) is 9.21. The Bertz CT molecular complexity index is 451. The Hall–Kier alpha value is -1.31. The van der Waals surface area contributed by atoms with Crippen LogP contribution < -0.4 is 0 Å². The zero-order chi connectivity index (χ0) is 13.3. The SMILES string of the molecule is O=C(O)C1(c2ccc(CC3CCCCC3)cc2)CC1. The molecule has 2 heteroatoms. The van der Waals surface area contributed by atoms with E-state index in [0.29, 0.717) is 0 Å². The molecule has 0 atom stereocenters. The van der Waals surface area contributed by atoms with E-state index in [4.69, 9.17) is 0 Å². The summed E-state index contributed by atoms with van der Waals surface area (Å²) in [6, 6.07) is 8.37. The summed E-state index contributed by atoms with van der Waals surface area (Å²) in [5, 5.41) is 9.29. The molecule has 0 spiro atoms. The number of rotatable bonds is 4. The molecule has 2 fully saturated rings. The van der Waals surface area contributed by atoms with E-state index in [1.807, 2.05) is 12.1 Å². The Morgan fingerprint density at radius 2 is 1.74 bits per heavy atom. The number of carboxylic acids is 1. The van der Waals surface area contributed by atoms with E-state index in [1.54, 1.807) is 0 Å². The van der Waals surface area contributed by atoms with Gasteiger partial charge >= 0.3 is 5.97 Å². The quantitative estimate of drug-likeness (QED) is 0.888. The fraction of sp³-hybridized carbons (Fsp3) is 0.588. The van der Waals surface area contributed by atoms with E-state index in [9.17, 15) is 9.90 Å². The van der Waals surface area contributed by atoms with Gasteiger partial charge in [0.05, 0.1) is 5.41 Å². The van der Waals surface area contributed by atoms with E-state index in [1.165, 1.54) is 44.1 Å². The molecule has 0 unspecified atom stereocenters. The van der Waals surface area contributed by atoms with Gasteiger partial charge in [-0.05, 0) is 36.3 Å². The van der Waals surface area contributed by atoms with E-state index < -0.39 is 11.4 Å². The van der Waals surface area contributed by atoms with Gasteiger partial charge in [0.1, 0.15) is 0 Å². The van der Waals surface area contributed by atoms with Crippen LogP contribution in [0.3, 0.4) is 0 Å². The molecule has 102 valence electrons. The molecular weight excluding hydrogens is 236 g/mol. The van der Waals surface area contributed by atoms with Gasteiger partial charge in [0.2, 0.25) is 0 Å². The maximum Gasteiger partial charge on any atom is 0.314 e. The van der Waals surface area contributed by atoms with Crippen molar-refractivity contribution in [2.75, 3.05) is 0 Å². The van der Waals surface area contributed by atoms with Crippen LogP contribution in [-0.2, 0) is 16.6 Å². The Morgan fingerprint density at radius 3 is 2.26 bits per heavy atom. The van der Waals surface area contributed by atoms with Gasteiger partial charge in [-0.1, -0.05) is 56.4 Å². The number of hydrogen-bond acceptors (Lipinski definition) is 1. The Labute approximate surface area is 114 Å². The molecule has 0 radical (unpaired) electrons. The van der Waals surface area contributed by atoms with Gasteiger partial charge in [0, 0.05) is 0 Å². The molecule has 1 N–H and O–H groups in total. The lowest BCUT2D eigenvalue weighted by Gasteiger charge is -2.21. The molecule has 0 bridgehead atoms. The average Bonchev–Trinajstić information content (AvgIpc) is 3.22. The van der Waals surface area contributed by atoms with Gasteiger partial charge in [-0.25, -0.2) is 0 Å². The van der Waals surface area contributed by atoms with Crippen molar-refractivity contribution in [3.05, 3.63) is 35.4 Å². The van der Waals surface area contributed by atoms with Crippen molar-refractivity contribution in [3.8, 4) is 0 Å². The van der Waals surface area contributed by atoms with Crippen molar-refractivity contribution >= 4 is 5.97 Å². The van der Waals surface area contributed by atoms with Crippen LogP contribution in [0, 0.1) is 5.92 Å². The summed E-state index contributed by atoms with van der Waals surface area (Å²) in [6.07, 6.45) is 9.64. The molecule has 2 aliphatic rings. The van der Waals surface area contributed by atoms with Crippen LogP contribution in [0.2, 0.25) is 0 Å². The largest absolute Gasteiger partial charge is 0.481 e. The summed E-state index contributed by atoms with van der Waals surface area (Å²) in [4.78, 5) is 11.3.